The predicted molar refractivity (Wildman–Crippen MR) is 81.1 cm³/mol. The number of Topliss-reactive ketones (excluding diaryl/α,β-unsaturated/α-hetero) is 1. The van der Waals surface area contributed by atoms with E-state index in [9.17, 15) is 4.79 Å². The Morgan fingerprint density at radius 3 is 2.75 bits per heavy atom. The lowest BCUT2D eigenvalue weighted by molar-refractivity contribution is 0.0983. The first-order valence-corrected chi connectivity index (χ1v) is 8.02. The third kappa shape index (κ3) is 2.72. The van der Waals surface area contributed by atoms with Crippen molar-refractivity contribution in [2.45, 2.75) is 45.4 Å². The summed E-state index contributed by atoms with van der Waals surface area (Å²) in [6.45, 7) is 4.20. The van der Waals surface area contributed by atoms with E-state index in [1.54, 1.807) is 0 Å². The van der Waals surface area contributed by atoms with Crippen molar-refractivity contribution in [2.24, 2.45) is 11.8 Å². The van der Waals surface area contributed by atoms with Gasteiger partial charge in [-0.25, -0.2) is 0 Å². The Morgan fingerprint density at radius 2 is 2.05 bits per heavy atom. The Morgan fingerprint density at radius 1 is 1.25 bits per heavy atom. The summed E-state index contributed by atoms with van der Waals surface area (Å²) in [6, 6.07) is 3.95. The van der Waals surface area contributed by atoms with Crippen LogP contribution in [-0.2, 0) is 0 Å². The van der Waals surface area contributed by atoms with Crippen LogP contribution in [0.1, 0.15) is 55.9 Å². The molecule has 3 heteroatoms. The first-order chi connectivity index (χ1) is 9.78. The van der Waals surface area contributed by atoms with E-state index < -0.39 is 0 Å². The maximum atomic E-state index is 11.6. The highest BCUT2D eigenvalue weighted by Crippen LogP contribution is 2.37. The molecule has 2 atom stereocenters. The van der Waals surface area contributed by atoms with Gasteiger partial charge in [-0.2, -0.15) is 0 Å². The number of fused-ring (bicyclic) bond motifs is 1. The lowest BCUT2D eigenvalue weighted by Gasteiger charge is -2.42. The highest BCUT2D eigenvalue weighted by Gasteiger charge is 2.31. The fraction of sp³-hybridized carbons (Fsp3) is 0.647. The van der Waals surface area contributed by atoms with Crippen molar-refractivity contribution in [1.29, 1.82) is 0 Å². The van der Waals surface area contributed by atoms with Crippen molar-refractivity contribution < 1.29 is 4.79 Å². The van der Waals surface area contributed by atoms with Gasteiger partial charge in [-0.15, -0.1) is 0 Å². The highest BCUT2D eigenvalue weighted by molar-refractivity contribution is 5.94. The van der Waals surface area contributed by atoms with Gasteiger partial charge in [0.25, 0.3) is 0 Å². The molecule has 1 aliphatic carbocycles. The van der Waals surface area contributed by atoms with Crippen LogP contribution in [0, 0.1) is 11.8 Å². The molecular formula is C17H24N2O. The van der Waals surface area contributed by atoms with E-state index in [1.807, 2.05) is 19.2 Å². The lowest BCUT2D eigenvalue weighted by atomic mass is 9.75. The summed E-state index contributed by atoms with van der Waals surface area (Å²) in [5, 5.41) is 0. The van der Waals surface area contributed by atoms with Crippen molar-refractivity contribution in [3.63, 3.8) is 0 Å². The van der Waals surface area contributed by atoms with E-state index in [4.69, 9.17) is 0 Å². The fourth-order valence-electron chi connectivity index (χ4n) is 3.75. The van der Waals surface area contributed by atoms with E-state index in [0.29, 0.717) is 12.1 Å². The quantitative estimate of drug-likeness (QED) is 0.787. The molecule has 0 amide bonds. The normalized spacial score (nSPS) is 26.1. The zero-order valence-electron chi connectivity index (χ0n) is 12.3. The topological polar surface area (TPSA) is 33.2 Å². The first kappa shape index (κ1) is 13.6. The standard InChI is InChI=1S/C17H24N2O/c1-2-17(20)16-8-7-15(11-18-16)19-10-9-13-5-3-4-6-14(13)12-19/h7-8,11,13-14H,2-6,9-10,12H2,1H3. The van der Waals surface area contributed by atoms with E-state index in [0.717, 1.165) is 18.4 Å². The van der Waals surface area contributed by atoms with Crippen LogP contribution >= 0.6 is 0 Å². The number of ketones is 1. The van der Waals surface area contributed by atoms with E-state index in [1.165, 1.54) is 44.3 Å². The fourth-order valence-corrected chi connectivity index (χ4v) is 3.75. The molecule has 0 radical (unpaired) electrons. The van der Waals surface area contributed by atoms with Gasteiger partial charge >= 0.3 is 0 Å². The van der Waals surface area contributed by atoms with Crippen LogP contribution in [0.5, 0.6) is 0 Å². The Hall–Kier alpha value is -1.38. The zero-order valence-corrected chi connectivity index (χ0v) is 12.3. The van der Waals surface area contributed by atoms with Crippen LogP contribution in [0.4, 0.5) is 5.69 Å². The molecule has 1 aromatic heterocycles. The number of rotatable bonds is 3. The van der Waals surface area contributed by atoms with Gasteiger partial charge in [0.2, 0.25) is 0 Å². The maximum absolute atomic E-state index is 11.6. The molecule has 3 nitrogen and oxygen atoms in total. The van der Waals surface area contributed by atoms with Crippen molar-refractivity contribution in [2.75, 3.05) is 18.0 Å². The van der Waals surface area contributed by atoms with Gasteiger partial charge in [0.05, 0.1) is 11.9 Å². The molecule has 1 aromatic rings. The molecule has 0 aromatic carbocycles. The third-order valence-electron chi connectivity index (χ3n) is 5.01. The summed E-state index contributed by atoms with van der Waals surface area (Å²) in [5.41, 5.74) is 1.78. The van der Waals surface area contributed by atoms with Gasteiger partial charge in [-0.1, -0.05) is 26.2 Å². The molecule has 0 spiro atoms. The summed E-state index contributed by atoms with van der Waals surface area (Å²) in [5.74, 6) is 1.95. The molecule has 2 unspecified atom stereocenters. The average molecular weight is 272 g/mol. The van der Waals surface area contributed by atoms with Crippen molar-refractivity contribution in [3.05, 3.63) is 24.0 Å². The number of pyridine rings is 1. The van der Waals surface area contributed by atoms with Crippen LogP contribution < -0.4 is 4.90 Å². The Balaban J connectivity index is 1.68. The van der Waals surface area contributed by atoms with Gasteiger partial charge in [0, 0.05) is 19.5 Å². The monoisotopic (exact) mass is 272 g/mol. The molecule has 1 saturated carbocycles. The number of anilines is 1. The average Bonchev–Trinajstić information content (AvgIpc) is 2.54. The number of hydrogen-bond acceptors (Lipinski definition) is 3. The summed E-state index contributed by atoms with van der Waals surface area (Å²) in [7, 11) is 0. The molecule has 1 saturated heterocycles. The molecule has 20 heavy (non-hydrogen) atoms. The molecule has 2 aliphatic rings. The lowest BCUT2D eigenvalue weighted by Crippen LogP contribution is -2.41. The maximum Gasteiger partial charge on any atom is 0.180 e. The summed E-state index contributed by atoms with van der Waals surface area (Å²) in [6.07, 6.45) is 9.38. The molecule has 2 fully saturated rings. The molecule has 3 rings (SSSR count). The zero-order chi connectivity index (χ0) is 13.9. The van der Waals surface area contributed by atoms with Gasteiger partial charge in [-0.05, 0) is 36.8 Å². The molecular weight excluding hydrogens is 248 g/mol. The smallest absolute Gasteiger partial charge is 0.180 e. The highest BCUT2D eigenvalue weighted by atomic mass is 16.1. The second-order valence-electron chi connectivity index (χ2n) is 6.22. The molecule has 0 bridgehead atoms. The van der Waals surface area contributed by atoms with Crippen molar-refractivity contribution >= 4 is 11.5 Å². The van der Waals surface area contributed by atoms with E-state index >= 15 is 0 Å². The van der Waals surface area contributed by atoms with Gasteiger partial charge in [-0.3, -0.25) is 9.78 Å². The van der Waals surface area contributed by atoms with Crippen LogP contribution in [0.3, 0.4) is 0 Å². The van der Waals surface area contributed by atoms with E-state index in [-0.39, 0.29) is 5.78 Å². The van der Waals surface area contributed by atoms with Crippen LogP contribution in [-0.4, -0.2) is 23.9 Å². The second-order valence-corrected chi connectivity index (χ2v) is 6.22. The Labute approximate surface area is 121 Å². The minimum atomic E-state index is 0.127. The van der Waals surface area contributed by atoms with Crippen molar-refractivity contribution in [3.8, 4) is 0 Å². The van der Waals surface area contributed by atoms with Crippen LogP contribution in [0.2, 0.25) is 0 Å². The van der Waals surface area contributed by atoms with Crippen molar-refractivity contribution in [1.82, 2.24) is 4.98 Å². The largest absolute Gasteiger partial charge is 0.370 e. The molecule has 1 aliphatic heterocycles. The number of piperidine rings is 1. The SMILES string of the molecule is CCC(=O)c1ccc(N2CCC3CCCCC3C2)cn1. The third-order valence-corrected chi connectivity index (χ3v) is 5.01. The minimum absolute atomic E-state index is 0.127. The molecule has 2 heterocycles. The minimum Gasteiger partial charge on any atom is -0.370 e. The Bertz CT molecular complexity index is 468. The number of nitrogens with zero attached hydrogens (tertiary/aromatic N) is 2. The van der Waals surface area contributed by atoms with E-state index in [2.05, 4.69) is 16.0 Å². The van der Waals surface area contributed by atoms with Gasteiger partial charge in [0.15, 0.2) is 5.78 Å². The second kappa shape index (κ2) is 5.94. The predicted octanol–water partition coefficient (Wildman–Crippen LogP) is 3.69. The first-order valence-electron chi connectivity index (χ1n) is 8.02. The summed E-state index contributed by atoms with van der Waals surface area (Å²) >= 11 is 0. The summed E-state index contributed by atoms with van der Waals surface area (Å²) < 4.78 is 0. The number of carbonyl (C=O) groups is 1. The number of aromatic nitrogens is 1. The molecule has 0 N–H and O–H groups in total. The van der Waals surface area contributed by atoms with Gasteiger partial charge in [0.1, 0.15) is 5.69 Å². The number of hydrogen-bond donors (Lipinski definition) is 0. The van der Waals surface area contributed by atoms with Gasteiger partial charge < -0.3 is 4.90 Å². The van der Waals surface area contributed by atoms with Crippen LogP contribution in [0.15, 0.2) is 18.3 Å². The Kier molecular flexibility index (Phi) is 4.04. The summed E-state index contributed by atoms with van der Waals surface area (Å²) in [4.78, 5) is 18.4. The molecule has 108 valence electrons. The van der Waals surface area contributed by atoms with Crippen LogP contribution in [0.25, 0.3) is 0 Å². The number of carbonyl (C=O) groups excluding carboxylic acids is 1.